The first-order chi connectivity index (χ1) is 12.0. The lowest BCUT2D eigenvalue weighted by atomic mass is 10.1. The molecule has 128 valence electrons. The second-order valence-electron chi connectivity index (χ2n) is 5.67. The first-order valence-electron chi connectivity index (χ1n) is 7.90. The lowest BCUT2D eigenvalue weighted by Gasteiger charge is -2.08. The molecule has 6 heteroatoms. The van der Waals surface area contributed by atoms with Gasteiger partial charge in [-0.05, 0) is 61.7 Å². The number of halogens is 1. The summed E-state index contributed by atoms with van der Waals surface area (Å²) in [6.45, 7) is 5.92. The van der Waals surface area contributed by atoms with Crippen molar-refractivity contribution in [2.75, 3.05) is 0 Å². The molecule has 3 aromatic rings. The van der Waals surface area contributed by atoms with E-state index in [2.05, 4.69) is 14.3 Å². The Labute approximate surface area is 156 Å². The average molecular weight is 372 g/mol. The van der Waals surface area contributed by atoms with Gasteiger partial charge in [-0.25, -0.2) is 0 Å². The van der Waals surface area contributed by atoms with E-state index in [1.54, 1.807) is 6.21 Å². The number of aliphatic imine (C=N–C) groups is 1. The van der Waals surface area contributed by atoms with Crippen LogP contribution in [0.3, 0.4) is 0 Å². The van der Waals surface area contributed by atoms with Crippen LogP contribution in [-0.2, 0) is 6.42 Å². The Balaban J connectivity index is 1.75. The Bertz CT molecular complexity index is 904. The lowest BCUT2D eigenvalue weighted by Crippen LogP contribution is -1.92. The minimum absolute atomic E-state index is 0.540. The van der Waals surface area contributed by atoms with Crippen LogP contribution in [0.4, 0.5) is 5.69 Å². The summed E-state index contributed by atoms with van der Waals surface area (Å²) in [6.07, 6.45) is 2.44. The first kappa shape index (κ1) is 17.6. The molecule has 0 radical (unpaired) electrons. The van der Waals surface area contributed by atoms with E-state index < -0.39 is 0 Å². The Morgan fingerprint density at radius 1 is 1.16 bits per heavy atom. The van der Waals surface area contributed by atoms with E-state index in [1.807, 2.05) is 57.2 Å². The highest BCUT2D eigenvalue weighted by Crippen LogP contribution is 2.32. The maximum Gasteiger partial charge on any atom is 0.298 e. The van der Waals surface area contributed by atoms with Crippen LogP contribution in [-0.4, -0.2) is 15.6 Å². The molecule has 1 aromatic heterocycles. The van der Waals surface area contributed by atoms with Gasteiger partial charge < -0.3 is 4.74 Å². The van der Waals surface area contributed by atoms with Crippen molar-refractivity contribution in [3.05, 3.63) is 63.9 Å². The Kier molecular flexibility index (Phi) is 5.46. The second kappa shape index (κ2) is 7.76. The fourth-order valence-corrected chi connectivity index (χ4v) is 3.08. The molecule has 0 atom stereocenters. The Morgan fingerprint density at radius 3 is 2.64 bits per heavy atom. The summed E-state index contributed by atoms with van der Waals surface area (Å²) in [5, 5.41) is 1.26. The summed E-state index contributed by atoms with van der Waals surface area (Å²) >= 11 is 7.17. The number of hydrogen-bond donors (Lipinski definition) is 0. The monoisotopic (exact) mass is 371 g/mol. The van der Waals surface area contributed by atoms with Crippen molar-refractivity contribution in [1.82, 2.24) is 9.36 Å². The van der Waals surface area contributed by atoms with Crippen LogP contribution >= 0.6 is 23.1 Å². The van der Waals surface area contributed by atoms with Crippen LogP contribution in [0, 0.1) is 13.8 Å². The lowest BCUT2D eigenvalue weighted by molar-refractivity contribution is 0.473. The molecule has 0 fully saturated rings. The van der Waals surface area contributed by atoms with Gasteiger partial charge in [0.05, 0.1) is 5.69 Å². The largest absolute Gasteiger partial charge is 0.430 e. The molecule has 0 unspecified atom stereocenters. The summed E-state index contributed by atoms with van der Waals surface area (Å²) in [7, 11) is 0. The SMILES string of the molecule is C/C=N/c1cc(C)c(Oc2nc(Cc3ccc(Cl)cc3)ns2)cc1C. The number of hydrogen-bond acceptors (Lipinski definition) is 5. The minimum atomic E-state index is 0.540. The van der Waals surface area contributed by atoms with Gasteiger partial charge in [0, 0.05) is 29.2 Å². The third-order valence-electron chi connectivity index (χ3n) is 3.68. The molecule has 3 rings (SSSR count). The number of nitrogens with zero attached hydrogens (tertiary/aromatic N) is 3. The van der Waals surface area contributed by atoms with Gasteiger partial charge in [-0.3, -0.25) is 4.99 Å². The normalized spacial score (nSPS) is 11.2. The highest BCUT2D eigenvalue weighted by atomic mass is 35.5. The molecule has 0 N–H and O–H groups in total. The van der Waals surface area contributed by atoms with Gasteiger partial charge in [0.1, 0.15) is 5.75 Å². The van der Waals surface area contributed by atoms with Crippen LogP contribution in [0.25, 0.3) is 0 Å². The van der Waals surface area contributed by atoms with Gasteiger partial charge in [-0.15, -0.1) is 0 Å². The number of rotatable bonds is 5. The third-order valence-corrected chi connectivity index (χ3v) is 4.57. The molecule has 0 bridgehead atoms. The molecule has 25 heavy (non-hydrogen) atoms. The predicted molar refractivity (Wildman–Crippen MR) is 104 cm³/mol. The summed E-state index contributed by atoms with van der Waals surface area (Å²) in [5.41, 5.74) is 4.14. The maximum absolute atomic E-state index is 5.93. The van der Waals surface area contributed by atoms with Crippen molar-refractivity contribution < 1.29 is 4.74 Å². The van der Waals surface area contributed by atoms with E-state index in [4.69, 9.17) is 16.3 Å². The average Bonchev–Trinajstić information content (AvgIpc) is 3.02. The van der Waals surface area contributed by atoms with Crippen molar-refractivity contribution in [2.24, 2.45) is 4.99 Å². The Morgan fingerprint density at radius 2 is 1.92 bits per heavy atom. The number of benzene rings is 2. The zero-order valence-electron chi connectivity index (χ0n) is 14.3. The molecular formula is C19H18ClN3OS. The van der Waals surface area contributed by atoms with Crippen LogP contribution in [0.1, 0.15) is 29.4 Å². The topological polar surface area (TPSA) is 47.4 Å². The Hall–Kier alpha value is -2.24. The van der Waals surface area contributed by atoms with E-state index in [1.165, 1.54) is 11.5 Å². The summed E-state index contributed by atoms with van der Waals surface area (Å²) < 4.78 is 10.3. The van der Waals surface area contributed by atoms with Crippen LogP contribution in [0.2, 0.25) is 5.02 Å². The summed E-state index contributed by atoms with van der Waals surface area (Å²) in [5.74, 6) is 1.52. The molecule has 0 aliphatic carbocycles. The van der Waals surface area contributed by atoms with Gasteiger partial charge in [-0.1, -0.05) is 23.7 Å². The van der Waals surface area contributed by atoms with Crippen LogP contribution in [0.15, 0.2) is 41.4 Å². The van der Waals surface area contributed by atoms with Crippen molar-refractivity contribution in [3.8, 4) is 10.9 Å². The molecule has 0 saturated carbocycles. The van der Waals surface area contributed by atoms with Gasteiger partial charge in [0.15, 0.2) is 5.82 Å². The molecule has 0 aliphatic heterocycles. The first-order valence-corrected chi connectivity index (χ1v) is 9.05. The fraction of sp³-hybridized carbons (Fsp3) is 0.211. The van der Waals surface area contributed by atoms with E-state index in [9.17, 15) is 0 Å². The maximum atomic E-state index is 5.93. The van der Waals surface area contributed by atoms with Crippen molar-refractivity contribution in [3.63, 3.8) is 0 Å². The molecular weight excluding hydrogens is 354 g/mol. The molecule has 1 heterocycles. The summed E-state index contributed by atoms with van der Waals surface area (Å²) in [6, 6.07) is 11.7. The van der Waals surface area contributed by atoms with Gasteiger partial charge in [0.25, 0.3) is 5.19 Å². The zero-order chi connectivity index (χ0) is 17.8. The smallest absolute Gasteiger partial charge is 0.298 e. The standard InChI is InChI=1S/C19H18ClN3OS/c1-4-21-16-9-13(3)17(10-12(16)2)24-19-22-18(23-25-19)11-14-5-7-15(20)8-6-14/h4-10H,11H2,1-3H3/b21-4+. The third kappa shape index (κ3) is 4.44. The van der Waals surface area contributed by atoms with E-state index in [-0.39, 0.29) is 0 Å². The number of aromatic nitrogens is 2. The fourth-order valence-electron chi connectivity index (χ4n) is 2.39. The molecule has 0 spiro atoms. The van der Waals surface area contributed by atoms with Crippen molar-refractivity contribution >= 4 is 35.0 Å². The molecule has 2 aromatic carbocycles. The molecule has 0 saturated heterocycles. The number of ether oxygens (including phenoxy) is 1. The molecule has 0 aliphatic rings. The number of aryl methyl sites for hydroxylation is 2. The quantitative estimate of drug-likeness (QED) is 0.523. The zero-order valence-corrected chi connectivity index (χ0v) is 15.9. The second-order valence-corrected chi connectivity index (χ2v) is 6.82. The van der Waals surface area contributed by atoms with Crippen molar-refractivity contribution in [2.45, 2.75) is 27.2 Å². The van der Waals surface area contributed by atoms with Gasteiger partial charge in [-0.2, -0.15) is 9.36 Å². The van der Waals surface area contributed by atoms with Gasteiger partial charge >= 0.3 is 0 Å². The van der Waals surface area contributed by atoms with Crippen LogP contribution < -0.4 is 4.74 Å². The highest BCUT2D eigenvalue weighted by Gasteiger charge is 2.10. The minimum Gasteiger partial charge on any atom is -0.430 e. The molecule has 4 nitrogen and oxygen atoms in total. The van der Waals surface area contributed by atoms with Crippen LogP contribution in [0.5, 0.6) is 10.9 Å². The van der Waals surface area contributed by atoms with Gasteiger partial charge in [0.2, 0.25) is 0 Å². The summed E-state index contributed by atoms with van der Waals surface area (Å²) in [4.78, 5) is 8.83. The van der Waals surface area contributed by atoms with E-state index in [0.717, 1.165) is 39.0 Å². The van der Waals surface area contributed by atoms with E-state index >= 15 is 0 Å². The van der Waals surface area contributed by atoms with Crippen molar-refractivity contribution in [1.29, 1.82) is 0 Å². The highest BCUT2D eigenvalue weighted by molar-refractivity contribution is 7.07. The predicted octanol–water partition coefficient (Wildman–Crippen LogP) is 5.91. The molecule has 0 amide bonds. The van der Waals surface area contributed by atoms with E-state index in [0.29, 0.717) is 11.6 Å².